The molecule has 0 saturated carbocycles. The normalized spacial score (nSPS) is 16.7. The van der Waals surface area contributed by atoms with Crippen LogP contribution in [-0.2, 0) is 4.79 Å². The van der Waals surface area contributed by atoms with Crippen molar-refractivity contribution in [1.82, 2.24) is 0 Å². The molecule has 0 bridgehead atoms. The van der Waals surface area contributed by atoms with Crippen LogP contribution in [0.5, 0.6) is 0 Å². The number of Topliss-reactive ketones (excluding diaryl/α,β-unsaturated/α-hetero) is 1. The Morgan fingerprint density at radius 1 is 1.28 bits per heavy atom. The standard InChI is InChI=1S/C17H20O/c1-3-6-15(14-11-9-13(2)10-12-14)16-7-4-5-8-17(16)18/h6-7,9-12H,3-5,8H2,1-2H3/b15-6-. The van der Waals surface area contributed by atoms with Crippen molar-refractivity contribution in [2.24, 2.45) is 0 Å². The molecule has 2 rings (SSSR count). The Bertz CT molecular complexity index is 489. The zero-order valence-corrected chi connectivity index (χ0v) is 11.2. The van der Waals surface area contributed by atoms with E-state index in [2.05, 4.69) is 50.3 Å². The molecule has 1 nitrogen and oxygen atoms in total. The highest BCUT2D eigenvalue weighted by molar-refractivity contribution is 6.10. The third-order valence-corrected chi connectivity index (χ3v) is 3.32. The lowest BCUT2D eigenvalue weighted by molar-refractivity contribution is -0.115. The van der Waals surface area contributed by atoms with E-state index in [0.717, 1.165) is 36.0 Å². The number of allylic oxidation sites excluding steroid dienone is 4. The molecular weight excluding hydrogens is 220 g/mol. The summed E-state index contributed by atoms with van der Waals surface area (Å²) < 4.78 is 0. The second kappa shape index (κ2) is 5.81. The topological polar surface area (TPSA) is 17.1 Å². The Morgan fingerprint density at radius 2 is 2.00 bits per heavy atom. The molecule has 1 aliphatic rings. The van der Waals surface area contributed by atoms with Crippen molar-refractivity contribution in [3.63, 3.8) is 0 Å². The molecule has 0 atom stereocenters. The van der Waals surface area contributed by atoms with Gasteiger partial charge in [0, 0.05) is 12.0 Å². The molecule has 0 aliphatic heterocycles. The van der Waals surface area contributed by atoms with Crippen molar-refractivity contribution in [1.29, 1.82) is 0 Å². The summed E-state index contributed by atoms with van der Waals surface area (Å²) >= 11 is 0. The second-order valence-electron chi connectivity index (χ2n) is 4.83. The third kappa shape index (κ3) is 2.79. The van der Waals surface area contributed by atoms with Crippen LogP contribution in [0.2, 0.25) is 0 Å². The number of carbonyl (C=O) groups is 1. The summed E-state index contributed by atoms with van der Waals surface area (Å²) in [5.74, 6) is 0.293. The van der Waals surface area contributed by atoms with E-state index in [1.54, 1.807) is 0 Å². The van der Waals surface area contributed by atoms with Gasteiger partial charge in [-0.1, -0.05) is 48.9 Å². The van der Waals surface area contributed by atoms with Crippen LogP contribution in [0.4, 0.5) is 0 Å². The van der Waals surface area contributed by atoms with Crippen LogP contribution in [0.15, 0.2) is 42.0 Å². The Balaban J connectivity index is 2.40. The highest BCUT2D eigenvalue weighted by atomic mass is 16.1. The first-order valence-corrected chi connectivity index (χ1v) is 6.73. The van der Waals surface area contributed by atoms with Gasteiger partial charge in [-0.3, -0.25) is 4.79 Å². The summed E-state index contributed by atoms with van der Waals surface area (Å²) in [6.07, 6.45) is 7.93. The molecule has 0 spiro atoms. The van der Waals surface area contributed by atoms with Gasteiger partial charge < -0.3 is 0 Å². The van der Waals surface area contributed by atoms with Gasteiger partial charge in [0.1, 0.15) is 0 Å². The van der Waals surface area contributed by atoms with Crippen LogP contribution in [-0.4, -0.2) is 5.78 Å². The first-order valence-electron chi connectivity index (χ1n) is 6.73. The van der Waals surface area contributed by atoms with Crippen LogP contribution in [0.1, 0.15) is 43.7 Å². The number of rotatable bonds is 3. The number of aryl methyl sites for hydroxylation is 1. The number of hydrogen-bond donors (Lipinski definition) is 0. The minimum absolute atomic E-state index is 0.293. The highest BCUT2D eigenvalue weighted by Gasteiger charge is 2.18. The average molecular weight is 240 g/mol. The zero-order chi connectivity index (χ0) is 13.0. The highest BCUT2D eigenvalue weighted by Crippen LogP contribution is 2.29. The number of ketones is 1. The number of hydrogen-bond acceptors (Lipinski definition) is 1. The fourth-order valence-electron chi connectivity index (χ4n) is 2.34. The summed E-state index contributed by atoms with van der Waals surface area (Å²) in [5, 5.41) is 0. The first kappa shape index (κ1) is 12.8. The van der Waals surface area contributed by atoms with Crippen LogP contribution in [0.25, 0.3) is 5.57 Å². The van der Waals surface area contributed by atoms with E-state index in [1.165, 1.54) is 5.56 Å². The van der Waals surface area contributed by atoms with Crippen molar-refractivity contribution < 1.29 is 4.79 Å². The van der Waals surface area contributed by atoms with E-state index in [-0.39, 0.29) is 0 Å². The van der Waals surface area contributed by atoms with Crippen molar-refractivity contribution in [2.45, 2.75) is 39.5 Å². The van der Waals surface area contributed by atoms with Crippen LogP contribution >= 0.6 is 0 Å². The van der Waals surface area contributed by atoms with Gasteiger partial charge in [0.25, 0.3) is 0 Å². The minimum atomic E-state index is 0.293. The Kier molecular flexibility index (Phi) is 4.14. The van der Waals surface area contributed by atoms with Crippen LogP contribution in [0, 0.1) is 6.92 Å². The van der Waals surface area contributed by atoms with E-state index < -0.39 is 0 Å². The van der Waals surface area contributed by atoms with Crippen LogP contribution < -0.4 is 0 Å². The molecule has 0 radical (unpaired) electrons. The average Bonchev–Trinajstić information content (AvgIpc) is 2.38. The van der Waals surface area contributed by atoms with E-state index in [1.807, 2.05) is 0 Å². The first-order chi connectivity index (χ1) is 8.72. The third-order valence-electron chi connectivity index (χ3n) is 3.32. The lowest BCUT2D eigenvalue weighted by Crippen LogP contribution is -2.09. The SMILES string of the molecule is CC/C=C(\C1=CCCCC1=O)c1ccc(C)cc1. The van der Waals surface area contributed by atoms with E-state index >= 15 is 0 Å². The van der Waals surface area contributed by atoms with E-state index in [0.29, 0.717) is 12.2 Å². The van der Waals surface area contributed by atoms with Gasteiger partial charge in [0.2, 0.25) is 0 Å². The van der Waals surface area contributed by atoms with Crippen molar-refractivity contribution >= 4 is 11.4 Å². The largest absolute Gasteiger partial charge is 0.294 e. The lowest BCUT2D eigenvalue weighted by atomic mass is 9.88. The molecule has 0 N–H and O–H groups in total. The summed E-state index contributed by atoms with van der Waals surface area (Å²) in [4.78, 5) is 12.0. The smallest absolute Gasteiger partial charge is 0.163 e. The maximum Gasteiger partial charge on any atom is 0.163 e. The van der Waals surface area contributed by atoms with Crippen molar-refractivity contribution in [2.75, 3.05) is 0 Å². The molecular formula is C17H20O. The lowest BCUT2D eigenvalue weighted by Gasteiger charge is -2.16. The number of benzene rings is 1. The van der Waals surface area contributed by atoms with E-state index in [9.17, 15) is 4.79 Å². The van der Waals surface area contributed by atoms with Crippen molar-refractivity contribution in [3.05, 3.63) is 53.1 Å². The molecule has 0 fully saturated rings. The van der Waals surface area contributed by atoms with Gasteiger partial charge in [-0.05, 0) is 37.3 Å². The Labute approximate surface area is 109 Å². The summed E-state index contributed by atoms with van der Waals surface area (Å²) in [6, 6.07) is 8.43. The summed E-state index contributed by atoms with van der Waals surface area (Å²) in [7, 11) is 0. The van der Waals surface area contributed by atoms with Gasteiger partial charge in [-0.25, -0.2) is 0 Å². The molecule has 18 heavy (non-hydrogen) atoms. The van der Waals surface area contributed by atoms with Gasteiger partial charge in [0.15, 0.2) is 5.78 Å². The van der Waals surface area contributed by atoms with Gasteiger partial charge in [-0.2, -0.15) is 0 Å². The number of carbonyl (C=O) groups excluding carboxylic acids is 1. The molecule has 1 aromatic rings. The minimum Gasteiger partial charge on any atom is -0.294 e. The predicted molar refractivity (Wildman–Crippen MR) is 76.4 cm³/mol. The zero-order valence-electron chi connectivity index (χ0n) is 11.2. The fourth-order valence-corrected chi connectivity index (χ4v) is 2.34. The molecule has 0 unspecified atom stereocenters. The molecule has 0 aromatic heterocycles. The van der Waals surface area contributed by atoms with Crippen molar-refractivity contribution in [3.8, 4) is 0 Å². The van der Waals surface area contributed by atoms with Gasteiger partial charge >= 0.3 is 0 Å². The molecule has 1 heteroatoms. The second-order valence-corrected chi connectivity index (χ2v) is 4.83. The van der Waals surface area contributed by atoms with Crippen LogP contribution in [0.3, 0.4) is 0 Å². The quantitative estimate of drug-likeness (QED) is 0.762. The Morgan fingerprint density at radius 3 is 2.61 bits per heavy atom. The monoisotopic (exact) mass is 240 g/mol. The predicted octanol–water partition coefficient (Wildman–Crippen LogP) is 4.47. The fraction of sp³-hybridized carbons (Fsp3) is 0.353. The molecule has 1 aliphatic carbocycles. The maximum absolute atomic E-state index is 12.0. The summed E-state index contributed by atoms with van der Waals surface area (Å²) in [5.41, 5.74) is 4.44. The molecule has 94 valence electrons. The molecule has 1 aromatic carbocycles. The van der Waals surface area contributed by atoms with Gasteiger partial charge in [-0.15, -0.1) is 0 Å². The Hall–Kier alpha value is -1.63. The maximum atomic E-state index is 12.0. The van der Waals surface area contributed by atoms with E-state index in [4.69, 9.17) is 0 Å². The molecule has 0 heterocycles. The molecule has 0 amide bonds. The van der Waals surface area contributed by atoms with Gasteiger partial charge in [0.05, 0.1) is 0 Å². The summed E-state index contributed by atoms with van der Waals surface area (Å²) in [6.45, 7) is 4.19. The molecule has 0 saturated heterocycles.